The fraction of sp³-hybridized carbons (Fsp3) is 0.435. The van der Waals surface area contributed by atoms with Crippen LogP contribution in [-0.4, -0.2) is 52.3 Å². The number of aromatic nitrogens is 3. The second kappa shape index (κ2) is 11.5. The van der Waals surface area contributed by atoms with Crippen molar-refractivity contribution in [2.45, 2.75) is 39.3 Å². The minimum Gasteiger partial charge on any atom is -0.468 e. The van der Waals surface area contributed by atoms with E-state index in [4.69, 9.17) is 4.42 Å². The number of halogens is 1. The van der Waals surface area contributed by atoms with Crippen LogP contribution >= 0.6 is 24.0 Å². The molecular formula is C23H32IN7O. The van der Waals surface area contributed by atoms with Gasteiger partial charge in [-0.2, -0.15) is 5.10 Å². The number of hydrogen-bond acceptors (Lipinski definition) is 5. The molecule has 32 heavy (non-hydrogen) atoms. The van der Waals surface area contributed by atoms with Crippen molar-refractivity contribution in [1.29, 1.82) is 0 Å². The Hall–Kier alpha value is -2.40. The van der Waals surface area contributed by atoms with Crippen molar-refractivity contribution in [3.8, 4) is 5.82 Å². The molecule has 1 atom stereocenters. The van der Waals surface area contributed by atoms with Gasteiger partial charge in [0.2, 0.25) is 0 Å². The highest BCUT2D eigenvalue weighted by Crippen LogP contribution is 2.24. The van der Waals surface area contributed by atoms with E-state index < -0.39 is 0 Å². The van der Waals surface area contributed by atoms with Crippen LogP contribution in [0.15, 0.2) is 52.2 Å². The number of pyridine rings is 1. The highest BCUT2D eigenvalue weighted by Gasteiger charge is 2.25. The number of nitrogens with zero attached hydrogens (tertiary/aromatic N) is 5. The standard InChI is InChI=1S/C23H31N7O.HI/c1-17-13-18(2)30(28-17)22-9-8-19(14-25-22)15-26-23(24-3)27-16-20(21-7-6-12-31-21)29-10-4-5-11-29;/h6-9,12-14,20H,4-5,10-11,15-16H2,1-3H3,(H2,24,26,27);1H. The summed E-state index contributed by atoms with van der Waals surface area (Å²) in [5.41, 5.74) is 3.14. The highest BCUT2D eigenvalue weighted by molar-refractivity contribution is 14.0. The molecule has 1 saturated heterocycles. The van der Waals surface area contributed by atoms with Crippen LogP contribution in [-0.2, 0) is 6.54 Å². The number of hydrogen-bond donors (Lipinski definition) is 2. The lowest BCUT2D eigenvalue weighted by atomic mass is 10.2. The average molecular weight is 549 g/mol. The van der Waals surface area contributed by atoms with E-state index in [2.05, 4.69) is 42.7 Å². The Morgan fingerprint density at radius 3 is 2.59 bits per heavy atom. The van der Waals surface area contributed by atoms with Crippen LogP contribution in [0.2, 0.25) is 0 Å². The smallest absolute Gasteiger partial charge is 0.191 e. The second-order valence-corrected chi connectivity index (χ2v) is 7.94. The zero-order valence-electron chi connectivity index (χ0n) is 18.9. The average Bonchev–Trinajstić information content (AvgIpc) is 3.54. The van der Waals surface area contributed by atoms with Gasteiger partial charge >= 0.3 is 0 Å². The van der Waals surface area contributed by atoms with Crippen molar-refractivity contribution in [2.75, 3.05) is 26.7 Å². The Balaban J connectivity index is 0.00000289. The Labute approximate surface area is 206 Å². The minimum absolute atomic E-state index is 0. The SMILES string of the molecule is CN=C(NCc1ccc(-n2nc(C)cc2C)nc1)NCC(c1ccco1)N1CCCC1.I. The third kappa shape index (κ3) is 5.89. The van der Waals surface area contributed by atoms with E-state index in [1.165, 1.54) is 12.8 Å². The minimum atomic E-state index is 0. The lowest BCUT2D eigenvalue weighted by molar-refractivity contribution is 0.215. The van der Waals surface area contributed by atoms with E-state index in [9.17, 15) is 0 Å². The molecule has 1 aliphatic rings. The van der Waals surface area contributed by atoms with Gasteiger partial charge in [0, 0.05) is 32.0 Å². The van der Waals surface area contributed by atoms with Crippen molar-refractivity contribution in [3.63, 3.8) is 0 Å². The van der Waals surface area contributed by atoms with E-state index in [0.29, 0.717) is 6.54 Å². The molecule has 172 valence electrons. The summed E-state index contributed by atoms with van der Waals surface area (Å²) in [5.74, 6) is 2.58. The van der Waals surface area contributed by atoms with Crippen molar-refractivity contribution < 1.29 is 4.42 Å². The molecule has 0 amide bonds. The molecule has 9 heteroatoms. The fourth-order valence-electron chi connectivity index (χ4n) is 4.05. The summed E-state index contributed by atoms with van der Waals surface area (Å²) in [4.78, 5) is 11.4. The van der Waals surface area contributed by atoms with Crippen molar-refractivity contribution in [2.24, 2.45) is 4.99 Å². The van der Waals surface area contributed by atoms with Crippen LogP contribution in [0.1, 0.15) is 41.6 Å². The van der Waals surface area contributed by atoms with Crippen LogP contribution < -0.4 is 10.6 Å². The molecule has 3 aromatic rings. The molecule has 8 nitrogen and oxygen atoms in total. The Morgan fingerprint density at radius 2 is 2.00 bits per heavy atom. The molecule has 1 aliphatic heterocycles. The molecular weight excluding hydrogens is 517 g/mol. The van der Waals surface area contributed by atoms with Crippen LogP contribution in [0, 0.1) is 13.8 Å². The molecule has 0 aromatic carbocycles. The molecule has 4 rings (SSSR count). The molecule has 3 aromatic heterocycles. The molecule has 0 aliphatic carbocycles. The van der Waals surface area contributed by atoms with Crippen LogP contribution in [0.3, 0.4) is 0 Å². The monoisotopic (exact) mass is 549 g/mol. The first kappa shape index (κ1) is 24.2. The molecule has 1 unspecified atom stereocenters. The van der Waals surface area contributed by atoms with E-state index in [1.54, 1.807) is 13.3 Å². The Kier molecular flexibility index (Phi) is 8.68. The molecule has 0 spiro atoms. The van der Waals surface area contributed by atoms with Crippen LogP contribution in [0.5, 0.6) is 0 Å². The highest BCUT2D eigenvalue weighted by atomic mass is 127. The summed E-state index contributed by atoms with van der Waals surface area (Å²) in [7, 11) is 1.79. The predicted molar refractivity (Wildman–Crippen MR) is 137 cm³/mol. The molecule has 0 radical (unpaired) electrons. The number of aryl methyl sites for hydroxylation is 2. The molecule has 0 bridgehead atoms. The van der Waals surface area contributed by atoms with Gasteiger partial charge in [-0.15, -0.1) is 24.0 Å². The lowest BCUT2D eigenvalue weighted by Crippen LogP contribution is -2.42. The van der Waals surface area contributed by atoms with Gasteiger partial charge in [-0.25, -0.2) is 9.67 Å². The van der Waals surface area contributed by atoms with Crippen molar-refractivity contribution >= 4 is 29.9 Å². The lowest BCUT2D eigenvalue weighted by Gasteiger charge is -2.26. The van der Waals surface area contributed by atoms with Gasteiger partial charge in [-0.05, 0) is 69.6 Å². The summed E-state index contributed by atoms with van der Waals surface area (Å²) in [5, 5.41) is 11.3. The topological polar surface area (TPSA) is 83.5 Å². The van der Waals surface area contributed by atoms with E-state index >= 15 is 0 Å². The quantitative estimate of drug-likeness (QED) is 0.266. The number of rotatable bonds is 7. The number of guanidine groups is 1. The van der Waals surface area contributed by atoms with Gasteiger partial charge in [0.1, 0.15) is 5.76 Å². The maximum Gasteiger partial charge on any atom is 0.191 e. The van der Waals surface area contributed by atoms with Gasteiger partial charge in [-0.3, -0.25) is 9.89 Å². The van der Waals surface area contributed by atoms with E-state index in [0.717, 1.165) is 54.1 Å². The van der Waals surface area contributed by atoms with Crippen LogP contribution in [0.25, 0.3) is 5.82 Å². The van der Waals surface area contributed by atoms with E-state index in [1.807, 2.05) is 42.9 Å². The van der Waals surface area contributed by atoms with E-state index in [-0.39, 0.29) is 30.0 Å². The first-order valence-corrected chi connectivity index (χ1v) is 10.8. The third-order valence-corrected chi connectivity index (χ3v) is 5.64. The first-order chi connectivity index (χ1) is 15.1. The molecule has 4 heterocycles. The van der Waals surface area contributed by atoms with Gasteiger partial charge in [0.25, 0.3) is 0 Å². The maximum absolute atomic E-state index is 5.70. The summed E-state index contributed by atoms with van der Waals surface area (Å²) < 4.78 is 7.56. The number of furan rings is 1. The largest absolute Gasteiger partial charge is 0.468 e. The van der Waals surface area contributed by atoms with Gasteiger partial charge in [0.05, 0.1) is 18.0 Å². The number of aliphatic imine (C=N–C) groups is 1. The van der Waals surface area contributed by atoms with Gasteiger partial charge < -0.3 is 15.1 Å². The zero-order valence-corrected chi connectivity index (χ0v) is 21.2. The zero-order chi connectivity index (χ0) is 21.6. The maximum atomic E-state index is 5.70. The first-order valence-electron chi connectivity index (χ1n) is 10.8. The van der Waals surface area contributed by atoms with Gasteiger partial charge in [0.15, 0.2) is 11.8 Å². The van der Waals surface area contributed by atoms with Gasteiger partial charge in [-0.1, -0.05) is 6.07 Å². The van der Waals surface area contributed by atoms with Crippen LogP contribution in [0.4, 0.5) is 0 Å². The number of nitrogens with one attached hydrogen (secondary N) is 2. The molecule has 0 saturated carbocycles. The molecule has 1 fully saturated rings. The third-order valence-electron chi connectivity index (χ3n) is 5.64. The summed E-state index contributed by atoms with van der Waals surface area (Å²) >= 11 is 0. The predicted octanol–water partition coefficient (Wildman–Crippen LogP) is 3.60. The fourth-order valence-corrected chi connectivity index (χ4v) is 4.05. The van der Waals surface area contributed by atoms with Crippen molar-refractivity contribution in [3.05, 3.63) is 65.5 Å². The van der Waals surface area contributed by atoms with Crippen molar-refractivity contribution in [1.82, 2.24) is 30.3 Å². The second-order valence-electron chi connectivity index (χ2n) is 7.94. The Bertz CT molecular complexity index is 992. The number of likely N-dealkylation sites (tertiary alicyclic amines) is 1. The molecule has 2 N–H and O–H groups in total. The Morgan fingerprint density at radius 1 is 1.19 bits per heavy atom. The summed E-state index contributed by atoms with van der Waals surface area (Å²) in [6.45, 7) is 7.60. The summed E-state index contributed by atoms with van der Waals surface area (Å²) in [6.07, 6.45) is 6.10. The summed E-state index contributed by atoms with van der Waals surface area (Å²) in [6, 6.07) is 10.3. The normalized spacial score (nSPS) is 15.4.